The van der Waals surface area contributed by atoms with Crippen LogP contribution in [-0.4, -0.2) is 7.05 Å². The molecule has 1 aromatic carbocycles. The first-order chi connectivity index (χ1) is 9.17. The summed E-state index contributed by atoms with van der Waals surface area (Å²) in [6.07, 6.45) is 3.34. The summed E-state index contributed by atoms with van der Waals surface area (Å²) >= 11 is 0. The van der Waals surface area contributed by atoms with Crippen LogP contribution in [0.5, 0.6) is 0 Å². The summed E-state index contributed by atoms with van der Waals surface area (Å²) in [4.78, 5) is 0. The predicted molar refractivity (Wildman–Crippen MR) is 81.5 cm³/mol. The van der Waals surface area contributed by atoms with E-state index in [0.29, 0.717) is 6.04 Å². The van der Waals surface area contributed by atoms with Crippen LogP contribution in [-0.2, 0) is 6.42 Å². The van der Waals surface area contributed by atoms with Crippen LogP contribution in [0.1, 0.15) is 51.0 Å². The molecular weight excluding hydrogens is 234 g/mol. The Morgan fingerprint density at radius 1 is 1.16 bits per heavy atom. The zero-order valence-electron chi connectivity index (χ0n) is 12.5. The van der Waals surface area contributed by atoms with E-state index in [1.807, 2.05) is 13.1 Å². The van der Waals surface area contributed by atoms with Crippen molar-refractivity contribution in [2.75, 3.05) is 7.05 Å². The van der Waals surface area contributed by atoms with E-state index in [1.165, 1.54) is 17.4 Å². The molecule has 0 aliphatic heterocycles. The van der Waals surface area contributed by atoms with Gasteiger partial charge >= 0.3 is 0 Å². The average Bonchev–Trinajstić information content (AvgIpc) is 2.78. The summed E-state index contributed by atoms with van der Waals surface area (Å²) in [7, 11) is 2.05. The van der Waals surface area contributed by atoms with Gasteiger partial charge in [-0.1, -0.05) is 39.0 Å². The van der Waals surface area contributed by atoms with Gasteiger partial charge in [0.1, 0.15) is 11.3 Å². The number of nitrogens with one attached hydrogen (secondary N) is 1. The average molecular weight is 259 g/mol. The highest BCUT2D eigenvalue weighted by Crippen LogP contribution is 2.33. The van der Waals surface area contributed by atoms with Crippen LogP contribution in [0, 0.1) is 5.92 Å². The minimum absolute atomic E-state index is 0.390. The molecule has 2 aromatic rings. The first-order valence-corrected chi connectivity index (χ1v) is 7.34. The van der Waals surface area contributed by atoms with Crippen molar-refractivity contribution in [2.24, 2.45) is 5.92 Å². The maximum absolute atomic E-state index is 6.00. The molecule has 0 aliphatic rings. The second-order valence-electron chi connectivity index (χ2n) is 5.60. The highest BCUT2D eigenvalue weighted by molar-refractivity contribution is 5.82. The second-order valence-corrected chi connectivity index (χ2v) is 5.60. The van der Waals surface area contributed by atoms with Crippen LogP contribution in [0.3, 0.4) is 0 Å². The third-order valence-corrected chi connectivity index (χ3v) is 3.76. The fraction of sp³-hybridized carbons (Fsp3) is 0.529. The van der Waals surface area contributed by atoms with Crippen LogP contribution in [0.2, 0.25) is 0 Å². The van der Waals surface area contributed by atoms with E-state index >= 15 is 0 Å². The summed E-state index contributed by atoms with van der Waals surface area (Å²) < 4.78 is 6.00. The summed E-state index contributed by atoms with van der Waals surface area (Å²) in [6, 6.07) is 8.76. The maximum atomic E-state index is 6.00. The molecule has 1 N–H and O–H groups in total. The summed E-state index contributed by atoms with van der Waals surface area (Å²) in [5, 5.41) is 4.73. The largest absolute Gasteiger partial charge is 0.461 e. The van der Waals surface area contributed by atoms with Crippen LogP contribution < -0.4 is 5.32 Å². The zero-order chi connectivity index (χ0) is 13.8. The first-order valence-electron chi connectivity index (χ1n) is 7.34. The van der Waals surface area contributed by atoms with Crippen LogP contribution in [0.15, 0.2) is 28.7 Å². The smallest absolute Gasteiger partial charge is 0.134 e. The minimum atomic E-state index is 0.390. The van der Waals surface area contributed by atoms with Gasteiger partial charge < -0.3 is 9.73 Å². The molecule has 0 saturated heterocycles. The topological polar surface area (TPSA) is 25.2 Å². The van der Waals surface area contributed by atoms with Gasteiger partial charge in [0.25, 0.3) is 0 Å². The van der Waals surface area contributed by atoms with Gasteiger partial charge in [-0.25, -0.2) is 0 Å². The molecule has 2 heteroatoms. The highest BCUT2D eigenvalue weighted by atomic mass is 16.3. The number of fused-ring (bicyclic) bond motifs is 1. The molecule has 104 valence electrons. The number of benzene rings is 1. The Morgan fingerprint density at radius 2 is 1.89 bits per heavy atom. The fourth-order valence-corrected chi connectivity index (χ4v) is 2.69. The number of hydrogen-bond acceptors (Lipinski definition) is 2. The van der Waals surface area contributed by atoms with E-state index in [4.69, 9.17) is 4.42 Å². The van der Waals surface area contributed by atoms with Crippen LogP contribution in [0.4, 0.5) is 0 Å². The summed E-state index contributed by atoms with van der Waals surface area (Å²) in [6.45, 7) is 6.72. The quantitative estimate of drug-likeness (QED) is 0.814. The Kier molecular flexibility index (Phi) is 4.65. The number of aryl methyl sites for hydroxylation is 1. The molecule has 0 amide bonds. The van der Waals surface area contributed by atoms with Gasteiger partial charge in [-0.2, -0.15) is 0 Å². The normalized spacial score (nSPS) is 13.3. The lowest BCUT2D eigenvalue weighted by atomic mass is 9.95. The molecule has 2 rings (SSSR count). The van der Waals surface area contributed by atoms with Crippen molar-refractivity contribution >= 4 is 11.0 Å². The molecule has 2 nitrogen and oxygen atoms in total. The third-order valence-electron chi connectivity index (χ3n) is 3.76. The number of hydrogen-bond donors (Lipinski definition) is 1. The van der Waals surface area contributed by atoms with Crippen molar-refractivity contribution in [1.82, 2.24) is 5.32 Å². The van der Waals surface area contributed by atoms with E-state index in [9.17, 15) is 0 Å². The van der Waals surface area contributed by atoms with Gasteiger partial charge in [0.2, 0.25) is 0 Å². The van der Waals surface area contributed by atoms with Gasteiger partial charge in [-0.15, -0.1) is 0 Å². The van der Waals surface area contributed by atoms with Gasteiger partial charge in [0.15, 0.2) is 0 Å². The number of para-hydroxylation sites is 1. The molecule has 0 bridgehead atoms. The van der Waals surface area contributed by atoms with Crippen LogP contribution in [0.25, 0.3) is 11.0 Å². The molecule has 0 saturated carbocycles. The van der Waals surface area contributed by atoms with Gasteiger partial charge in [-0.05, 0) is 31.9 Å². The highest BCUT2D eigenvalue weighted by Gasteiger charge is 2.20. The SMILES string of the molecule is CCc1oc2ccccc2c1C(CCC(C)C)NC. The lowest BCUT2D eigenvalue weighted by molar-refractivity contribution is 0.453. The van der Waals surface area contributed by atoms with E-state index in [2.05, 4.69) is 44.3 Å². The Morgan fingerprint density at radius 3 is 2.53 bits per heavy atom. The van der Waals surface area contributed by atoms with Crippen molar-refractivity contribution in [3.8, 4) is 0 Å². The summed E-state index contributed by atoms with van der Waals surface area (Å²) in [5.74, 6) is 1.86. The van der Waals surface area contributed by atoms with Crippen LogP contribution >= 0.6 is 0 Å². The van der Waals surface area contributed by atoms with E-state index in [-0.39, 0.29) is 0 Å². The molecule has 1 heterocycles. The van der Waals surface area contributed by atoms with E-state index in [0.717, 1.165) is 30.1 Å². The van der Waals surface area contributed by atoms with E-state index < -0.39 is 0 Å². The standard InChI is InChI=1S/C17H25NO/c1-5-15-17(14(18-4)11-10-12(2)3)13-8-6-7-9-16(13)19-15/h6-9,12,14,18H,5,10-11H2,1-4H3. The maximum Gasteiger partial charge on any atom is 0.134 e. The molecule has 1 aromatic heterocycles. The lowest BCUT2D eigenvalue weighted by Crippen LogP contribution is -2.18. The fourth-order valence-electron chi connectivity index (χ4n) is 2.69. The second kappa shape index (κ2) is 6.25. The van der Waals surface area contributed by atoms with Crippen molar-refractivity contribution in [2.45, 2.75) is 46.1 Å². The van der Waals surface area contributed by atoms with Gasteiger partial charge in [-0.3, -0.25) is 0 Å². The molecule has 19 heavy (non-hydrogen) atoms. The van der Waals surface area contributed by atoms with Gasteiger partial charge in [0, 0.05) is 23.4 Å². The first kappa shape index (κ1) is 14.1. The molecule has 0 radical (unpaired) electrons. The Hall–Kier alpha value is -1.28. The molecule has 0 fully saturated rings. The summed E-state index contributed by atoms with van der Waals surface area (Å²) in [5.41, 5.74) is 2.38. The van der Waals surface area contributed by atoms with Crippen molar-refractivity contribution < 1.29 is 4.42 Å². The monoisotopic (exact) mass is 259 g/mol. The number of rotatable bonds is 6. The molecule has 1 atom stereocenters. The molecule has 0 spiro atoms. The van der Waals surface area contributed by atoms with Crippen molar-refractivity contribution in [1.29, 1.82) is 0 Å². The Labute approximate surface area is 116 Å². The lowest BCUT2D eigenvalue weighted by Gasteiger charge is -2.18. The van der Waals surface area contributed by atoms with E-state index in [1.54, 1.807) is 0 Å². The van der Waals surface area contributed by atoms with Crippen molar-refractivity contribution in [3.05, 3.63) is 35.6 Å². The number of furan rings is 1. The molecular formula is C17H25NO. The molecule has 0 aliphatic carbocycles. The molecule has 1 unspecified atom stereocenters. The minimum Gasteiger partial charge on any atom is -0.461 e. The zero-order valence-corrected chi connectivity index (χ0v) is 12.5. The third kappa shape index (κ3) is 3.01. The Balaban J connectivity index is 2.39. The van der Waals surface area contributed by atoms with Gasteiger partial charge in [0.05, 0.1) is 0 Å². The Bertz CT molecular complexity index is 527. The predicted octanol–water partition coefficient (Wildman–Crippen LogP) is 4.69. The van der Waals surface area contributed by atoms with Crippen molar-refractivity contribution in [3.63, 3.8) is 0 Å².